The normalized spacial score (nSPS) is 11.4. The summed E-state index contributed by atoms with van der Waals surface area (Å²) in [5, 5.41) is 20.2. The number of aryl methyl sites for hydroxylation is 1. The Kier molecular flexibility index (Phi) is 8.41. The number of nitrogens with zero attached hydrogens (tertiary/aromatic N) is 2. The summed E-state index contributed by atoms with van der Waals surface area (Å²) in [6, 6.07) is 21.2. The fourth-order valence-electron chi connectivity index (χ4n) is 4.58. The van der Waals surface area contributed by atoms with Crippen molar-refractivity contribution in [3.63, 3.8) is 0 Å². The van der Waals surface area contributed by atoms with Crippen molar-refractivity contribution in [2.45, 2.75) is 25.8 Å². The molecule has 9 heteroatoms. The van der Waals surface area contributed by atoms with E-state index in [0.717, 1.165) is 48.8 Å². The van der Waals surface area contributed by atoms with Crippen molar-refractivity contribution >= 4 is 56.5 Å². The summed E-state index contributed by atoms with van der Waals surface area (Å²) in [5.74, 6) is -0.233. The van der Waals surface area contributed by atoms with Crippen LogP contribution in [-0.4, -0.2) is 44.9 Å². The summed E-state index contributed by atoms with van der Waals surface area (Å²) >= 11 is 1.54. The maximum absolute atomic E-state index is 11.5. The molecule has 8 nitrogen and oxygen atoms in total. The number of fused-ring (bicyclic) bond motifs is 2. The van der Waals surface area contributed by atoms with Crippen LogP contribution in [-0.2, 0) is 22.6 Å². The lowest BCUT2D eigenvalue weighted by molar-refractivity contribution is -0.138. The van der Waals surface area contributed by atoms with Gasteiger partial charge in [-0.15, -0.1) is 11.3 Å². The van der Waals surface area contributed by atoms with Crippen LogP contribution < -0.4 is 9.47 Å². The fourth-order valence-corrected chi connectivity index (χ4v) is 5.48. The van der Waals surface area contributed by atoms with Crippen LogP contribution in [0.15, 0.2) is 72.9 Å². The minimum absolute atomic E-state index is 0.0665. The molecule has 3 aromatic carbocycles. The second-order valence-electron chi connectivity index (χ2n) is 9.19. The molecule has 0 radical (unpaired) electrons. The van der Waals surface area contributed by atoms with Gasteiger partial charge in [0, 0.05) is 18.0 Å². The Morgan fingerprint density at radius 2 is 1.70 bits per heavy atom. The molecule has 0 fully saturated rings. The standard InChI is InChI=1S/C31H28N2O6S/c34-29(35)11-5-7-22-19-33(20-30(36)37)31-21(6-4-10-25(22)31)12-15-28-32-26-14-13-24(18-27(26)40-28)39-17-16-38-23-8-2-1-3-9-23/h1-4,6,8-10,12-15,18-19H,5,7,11,16-17,20H2,(H,34,35)(H,36,37)/b15-12+. The van der Waals surface area contributed by atoms with Gasteiger partial charge in [-0.05, 0) is 66.5 Å². The highest BCUT2D eigenvalue weighted by molar-refractivity contribution is 7.19. The third kappa shape index (κ3) is 6.68. The molecule has 0 saturated carbocycles. The molecule has 204 valence electrons. The van der Waals surface area contributed by atoms with E-state index in [0.29, 0.717) is 26.1 Å². The van der Waals surface area contributed by atoms with Crippen LogP contribution in [0.3, 0.4) is 0 Å². The zero-order valence-electron chi connectivity index (χ0n) is 21.7. The topological polar surface area (TPSA) is 111 Å². The van der Waals surface area contributed by atoms with Crippen LogP contribution in [0.2, 0.25) is 0 Å². The van der Waals surface area contributed by atoms with E-state index in [9.17, 15) is 14.7 Å². The number of aromatic nitrogens is 2. The Morgan fingerprint density at radius 3 is 2.48 bits per heavy atom. The summed E-state index contributed by atoms with van der Waals surface area (Å²) in [5.41, 5.74) is 3.48. The van der Waals surface area contributed by atoms with E-state index in [1.165, 1.54) is 0 Å². The maximum Gasteiger partial charge on any atom is 0.323 e. The average Bonchev–Trinajstić information content (AvgIpc) is 3.51. The van der Waals surface area contributed by atoms with E-state index in [-0.39, 0.29) is 13.0 Å². The Balaban J connectivity index is 1.32. The molecule has 2 N–H and O–H groups in total. The van der Waals surface area contributed by atoms with Crippen LogP contribution in [0.4, 0.5) is 0 Å². The molecule has 0 atom stereocenters. The first-order valence-electron chi connectivity index (χ1n) is 12.9. The van der Waals surface area contributed by atoms with Crippen molar-refractivity contribution in [3.05, 3.63) is 89.1 Å². The van der Waals surface area contributed by atoms with Crippen molar-refractivity contribution in [1.82, 2.24) is 9.55 Å². The average molecular weight is 557 g/mol. The molecule has 0 spiro atoms. The Bertz CT molecular complexity index is 1670. The van der Waals surface area contributed by atoms with Crippen LogP contribution in [0.25, 0.3) is 33.3 Å². The molecule has 2 heterocycles. The highest BCUT2D eigenvalue weighted by atomic mass is 32.1. The Labute approximate surface area is 234 Å². The largest absolute Gasteiger partial charge is 0.490 e. The van der Waals surface area contributed by atoms with Crippen LogP contribution in [0.5, 0.6) is 11.5 Å². The van der Waals surface area contributed by atoms with Crippen LogP contribution >= 0.6 is 11.3 Å². The van der Waals surface area contributed by atoms with Gasteiger partial charge in [0.05, 0.1) is 15.7 Å². The number of carboxylic acids is 2. The summed E-state index contributed by atoms with van der Waals surface area (Å²) in [4.78, 5) is 27.2. The van der Waals surface area contributed by atoms with E-state index in [1.807, 2.05) is 85.1 Å². The molecule has 2 aromatic heterocycles. The van der Waals surface area contributed by atoms with Crippen molar-refractivity contribution in [2.75, 3.05) is 13.2 Å². The summed E-state index contributed by atoms with van der Waals surface area (Å²) in [6.07, 6.45) is 6.80. The predicted molar refractivity (Wildman–Crippen MR) is 156 cm³/mol. The summed E-state index contributed by atoms with van der Waals surface area (Å²) in [7, 11) is 0. The maximum atomic E-state index is 11.5. The van der Waals surface area contributed by atoms with E-state index < -0.39 is 11.9 Å². The van der Waals surface area contributed by atoms with Gasteiger partial charge in [0.25, 0.3) is 0 Å². The first-order valence-corrected chi connectivity index (χ1v) is 13.7. The number of carboxylic acid groups (broad SMARTS) is 2. The minimum atomic E-state index is -0.941. The molecule has 0 aliphatic rings. The number of aliphatic carboxylic acids is 2. The van der Waals surface area contributed by atoms with Gasteiger partial charge in [-0.1, -0.05) is 36.4 Å². The number of thiazole rings is 1. The van der Waals surface area contributed by atoms with Crippen molar-refractivity contribution in [3.8, 4) is 11.5 Å². The summed E-state index contributed by atoms with van der Waals surface area (Å²) < 4.78 is 14.3. The Morgan fingerprint density at radius 1 is 0.900 bits per heavy atom. The first-order chi connectivity index (χ1) is 19.5. The monoisotopic (exact) mass is 556 g/mol. The van der Waals surface area contributed by atoms with Crippen molar-refractivity contribution < 1.29 is 29.3 Å². The van der Waals surface area contributed by atoms with E-state index in [4.69, 9.17) is 19.6 Å². The lowest BCUT2D eigenvalue weighted by Gasteiger charge is -2.08. The highest BCUT2D eigenvalue weighted by Gasteiger charge is 2.14. The molecule has 5 rings (SSSR count). The van der Waals surface area contributed by atoms with Gasteiger partial charge in [0.15, 0.2) is 0 Å². The molecular formula is C31H28N2O6S. The number of hydrogen-bond acceptors (Lipinski definition) is 6. The third-order valence-corrected chi connectivity index (χ3v) is 7.28. The lowest BCUT2D eigenvalue weighted by atomic mass is 10.0. The van der Waals surface area contributed by atoms with Gasteiger partial charge >= 0.3 is 11.9 Å². The fraction of sp³-hybridized carbons (Fsp3) is 0.194. The molecule has 40 heavy (non-hydrogen) atoms. The first kappa shape index (κ1) is 27.0. The smallest absolute Gasteiger partial charge is 0.323 e. The van der Waals surface area contributed by atoms with Gasteiger partial charge in [-0.25, -0.2) is 4.98 Å². The van der Waals surface area contributed by atoms with Gasteiger partial charge in [0.2, 0.25) is 0 Å². The zero-order chi connectivity index (χ0) is 27.9. The van der Waals surface area contributed by atoms with E-state index >= 15 is 0 Å². The number of ether oxygens (including phenoxy) is 2. The van der Waals surface area contributed by atoms with Crippen molar-refractivity contribution in [1.29, 1.82) is 0 Å². The van der Waals surface area contributed by atoms with Gasteiger partial charge in [0.1, 0.15) is 36.3 Å². The van der Waals surface area contributed by atoms with E-state index in [1.54, 1.807) is 15.9 Å². The zero-order valence-corrected chi connectivity index (χ0v) is 22.5. The van der Waals surface area contributed by atoms with Gasteiger partial charge in [-0.2, -0.15) is 0 Å². The molecule has 0 aliphatic carbocycles. The van der Waals surface area contributed by atoms with Crippen LogP contribution in [0, 0.1) is 0 Å². The number of carbonyl (C=O) groups is 2. The van der Waals surface area contributed by atoms with Crippen molar-refractivity contribution in [2.24, 2.45) is 0 Å². The molecule has 5 aromatic rings. The predicted octanol–water partition coefficient (Wildman–Crippen LogP) is 6.37. The Hall–Kier alpha value is -4.63. The molecule has 0 aliphatic heterocycles. The second-order valence-corrected chi connectivity index (χ2v) is 10.3. The van der Waals surface area contributed by atoms with Crippen LogP contribution in [0.1, 0.15) is 29.0 Å². The van der Waals surface area contributed by atoms with Gasteiger partial charge < -0.3 is 24.3 Å². The number of rotatable bonds is 13. The highest BCUT2D eigenvalue weighted by Crippen LogP contribution is 2.30. The molecule has 0 bridgehead atoms. The molecular weight excluding hydrogens is 528 g/mol. The second kappa shape index (κ2) is 12.5. The SMILES string of the molecule is O=C(O)CCCc1cn(CC(=O)O)c2c(/C=C/c3nc4ccc(OCCOc5ccccc5)cc4s3)cccc12. The number of hydrogen-bond donors (Lipinski definition) is 2. The van der Waals surface area contributed by atoms with E-state index in [2.05, 4.69) is 0 Å². The third-order valence-electron chi connectivity index (χ3n) is 6.30. The van der Waals surface area contributed by atoms with Gasteiger partial charge in [-0.3, -0.25) is 9.59 Å². The molecule has 0 amide bonds. The molecule has 0 unspecified atom stereocenters. The lowest BCUT2D eigenvalue weighted by Crippen LogP contribution is -2.08. The minimum Gasteiger partial charge on any atom is -0.490 e. The number of para-hydroxylation sites is 2. The quantitative estimate of drug-likeness (QED) is 0.162. The number of benzene rings is 3. The summed E-state index contributed by atoms with van der Waals surface area (Å²) in [6.45, 7) is 0.681. The molecule has 0 saturated heterocycles.